The standard InChI is InChI=1S/C21H34O8.C18H33N3O3.C18H31NO5.C17H30N2O5.C17H28O6/c1-6-21(4,5)20(25)29-10-9-28-19(24)16-12-14(17(22)26-7-2)11-15(13-16)18(23)27-8-3;1-6-18(4,5)16(23)20-17(24)19-14-11-9-13(10-12-14)15(22)21(7-2)8-3;1-5-18(3,4)17(22)19-11-12-24-16(21)14-10-8-7-9-13(14)15(20)23-6-2;1-5-17(2,3)15(21)24-11-10-18-16(22)19-13-8-6-12(7-9-13)14(20)23-4;1-5-17(2,3)16(20)23-11-10-22-15(19)13-9-7-6-8-12(13)14(18)21-4/h14-16H,6-13H2,1-5H3;13-14H,6-12H2,1-5H3,(H2,19,20,23,24);13-14H,5-12H2,1-4H3,(H,19,22);12-13H,5-11H2,1-4H3,(H2,18,19,22);12-13H,5-11H2,1-4H3. The highest BCUT2D eigenvalue weighted by molar-refractivity contribution is 5.97. The van der Waals surface area contributed by atoms with E-state index in [1.807, 2.05) is 109 Å². The topological polar surface area (TPSA) is 438 Å². The van der Waals surface area contributed by atoms with Crippen molar-refractivity contribution in [1.29, 1.82) is 0 Å². The number of hydrogen-bond acceptors (Lipinski definition) is 27. The third-order valence-electron chi connectivity index (χ3n) is 24.5. The van der Waals surface area contributed by atoms with E-state index in [4.69, 9.17) is 52.1 Å². The summed E-state index contributed by atoms with van der Waals surface area (Å²) in [6.45, 7) is 40.0. The zero-order valence-corrected chi connectivity index (χ0v) is 79.0. The third-order valence-corrected chi connectivity index (χ3v) is 24.5. The Labute approximate surface area is 737 Å². The number of nitrogens with one attached hydrogen (secondary N) is 5. The van der Waals surface area contributed by atoms with Gasteiger partial charge in [-0.2, -0.15) is 0 Å². The summed E-state index contributed by atoms with van der Waals surface area (Å²) in [4.78, 5) is 194. The third kappa shape index (κ3) is 40.7. The first-order valence-corrected chi connectivity index (χ1v) is 45.3. The Bertz CT molecular complexity index is 3330. The monoisotopic (exact) mass is 1770 g/mol. The van der Waals surface area contributed by atoms with Crippen LogP contribution in [0.3, 0.4) is 0 Å². The number of amides is 7. The molecule has 5 aliphatic carbocycles. The summed E-state index contributed by atoms with van der Waals surface area (Å²) in [5.41, 5.74) is -2.61. The number of nitrogens with zero attached hydrogens (tertiary/aromatic N) is 1. The van der Waals surface area contributed by atoms with Gasteiger partial charge in [0.05, 0.1) is 111 Å². The molecule has 5 aliphatic rings. The average molecular weight is 1770 g/mol. The van der Waals surface area contributed by atoms with E-state index in [0.29, 0.717) is 64.4 Å². The van der Waals surface area contributed by atoms with Crippen molar-refractivity contribution in [3.63, 3.8) is 0 Å². The van der Waals surface area contributed by atoms with Crippen molar-refractivity contribution >= 4 is 95.4 Å². The lowest BCUT2D eigenvalue weighted by Crippen LogP contribution is -2.49. The average Bonchev–Trinajstić information content (AvgIpc) is 0.825. The molecule has 6 atom stereocenters. The SMILES string of the molecule is CCC(C)(C)C(=O)OCCNC(=O)NC1CCC(C(=O)OC)CC1.CCC(C)(C)C(=O)OCCOC(=O)C1CCCCC1C(=O)OC.CCN(CC)C(=O)C1CCC(NC(=O)NC(=O)C(C)(C)CC)CC1.CCOC(=O)C1CC(C(=O)OCC)CC(C(=O)OCCOC(=O)C(C)(C)CC)C1.CCOC(=O)C1CCCCC1C(=O)OCCNC(=O)C(C)(C)CC. The van der Waals surface area contributed by atoms with Gasteiger partial charge in [0, 0.05) is 41.9 Å². The predicted octanol–water partition coefficient (Wildman–Crippen LogP) is 12.3. The Morgan fingerprint density at radius 3 is 0.968 bits per heavy atom. The van der Waals surface area contributed by atoms with Crippen LogP contribution >= 0.6 is 0 Å². The summed E-state index contributed by atoms with van der Waals surface area (Å²) < 4.78 is 55.8. The molecular formula is C91H156N6O27. The summed E-state index contributed by atoms with van der Waals surface area (Å²) >= 11 is 0. The summed E-state index contributed by atoms with van der Waals surface area (Å²) in [5.74, 6) is -7.41. The van der Waals surface area contributed by atoms with Crippen LogP contribution in [0.2, 0.25) is 0 Å². The fourth-order valence-corrected chi connectivity index (χ4v) is 13.9. The molecule has 6 unspecified atom stereocenters. The fourth-order valence-electron chi connectivity index (χ4n) is 13.9. The van der Waals surface area contributed by atoms with Crippen molar-refractivity contribution in [2.75, 3.05) is 99.9 Å². The van der Waals surface area contributed by atoms with Crippen molar-refractivity contribution in [3.05, 3.63) is 0 Å². The minimum Gasteiger partial charge on any atom is -0.469 e. The fraction of sp³-hybridized carbons (Fsp3) is 0.824. The molecule has 0 aromatic heterocycles. The molecule has 0 aromatic rings. The number of imide groups is 1. The van der Waals surface area contributed by atoms with Gasteiger partial charge in [0.2, 0.25) is 17.7 Å². The molecule has 124 heavy (non-hydrogen) atoms. The molecule has 0 aromatic carbocycles. The Kier molecular flexibility index (Phi) is 53.5. The van der Waals surface area contributed by atoms with Crippen molar-refractivity contribution in [1.82, 2.24) is 31.5 Å². The highest BCUT2D eigenvalue weighted by atomic mass is 16.6. The number of methoxy groups -OCH3 is 2. The lowest BCUT2D eigenvalue weighted by molar-refractivity contribution is -0.165. The molecule has 0 spiro atoms. The van der Waals surface area contributed by atoms with E-state index >= 15 is 0 Å². The Balaban J connectivity index is 0.000000777. The van der Waals surface area contributed by atoms with Crippen LogP contribution in [0, 0.1) is 80.3 Å². The molecule has 5 N–H and O–H groups in total. The maximum absolute atomic E-state index is 12.5. The summed E-state index contributed by atoms with van der Waals surface area (Å²) in [6, 6.07) is -0.613. The van der Waals surface area contributed by atoms with E-state index in [-0.39, 0.29) is 168 Å². The molecule has 0 saturated heterocycles. The Morgan fingerprint density at radius 2 is 0.597 bits per heavy atom. The van der Waals surface area contributed by atoms with Gasteiger partial charge in [-0.3, -0.25) is 72.4 Å². The van der Waals surface area contributed by atoms with Crippen LogP contribution in [0.15, 0.2) is 0 Å². The zero-order valence-electron chi connectivity index (χ0n) is 79.0. The highest BCUT2D eigenvalue weighted by Crippen LogP contribution is 2.38. The van der Waals surface area contributed by atoms with Gasteiger partial charge >= 0.3 is 77.7 Å². The zero-order chi connectivity index (χ0) is 94.1. The molecule has 33 heteroatoms. The van der Waals surface area contributed by atoms with Gasteiger partial charge in [0.1, 0.15) is 39.6 Å². The van der Waals surface area contributed by atoms with E-state index in [1.165, 1.54) is 14.2 Å². The summed E-state index contributed by atoms with van der Waals surface area (Å²) in [5, 5.41) is 13.6. The number of esters is 11. The second-order valence-corrected chi connectivity index (χ2v) is 35.4. The van der Waals surface area contributed by atoms with Crippen molar-refractivity contribution in [2.24, 2.45) is 80.3 Å². The number of carbonyl (C=O) groups excluding carboxylic acids is 16. The molecule has 5 saturated carbocycles. The lowest BCUT2D eigenvalue weighted by Gasteiger charge is -2.31. The predicted molar refractivity (Wildman–Crippen MR) is 461 cm³/mol. The smallest absolute Gasteiger partial charge is 0.321 e. The van der Waals surface area contributed by atoms with Crippen LogP contribution in [0.1, 0.15) is 293 Å². The minimum atomic E-state index is -0.615. The van der Waals surface area contributed by atoms with Gasteiger partial charge < -0.3 is 78.3 Å². The summed E-state index contributed by atoms with van der Waals surface area (Å²) in [6.07, 6.45) is 16.6. The van der Waals surface area contributed by atoms with E-state index in [1.54, 1.807) is 34.6 Å². The molecular weight excluding hydrogens is 1610 g/mol. The maximum Gasteiger partial charge on any atom is 0.321 e. The van der Waals surface area contributed by atoms with E-state index in [0.717, 1.165) is 96.6 Å². The number of urea groups is 2. The van der Waals surface area contributed by atoms with Gasteiger partial charge in [-0.05, 0) is 205 Å². The van der Waals surface area contributed by atoms with E-state index in [9.17, 15) is 76.7 Å². The molecule has 33 nitrogen and oxygen atoms in total. The van der Waals surface area contributed by atoms with Crippen LogP contribution in [-0.4, -0.2) is 212 Å². The van der Waals surface area contributed by atoms with Crippen molar-refractivity contribution < 1.29 is 129 Å². The first-order chi connectivity index (χ1) is 58.4. The van der Waals surface area contributed by atoms with Gasteiger partial charge in [-0.15, -0.1) is 0 Å². The van der Waals surface area contributed by atoms with Crippen LogP contribution in [0.25, 0.3) is 0 Å². The maximum atomic E-state index is 12.5. The highest BCUT2D eigenvalue weighted by Gasteiger charge is 2.44. The lowest BCUT2D eigenvalue weighted by atomic mass is 9.75. The van der Waals surface area contributed by atoms with Crippen LogP contribution in [0.5, 0.6) is 0 Å². The quantitative estimate of drug-likeness (QED) is 0.0218. The van der Waals surface area contributed by atoms with Gasteiger partial charge in [-0.25, -0.2) is 9.59 Å². The molecule has 0 bridgehead atoms. The second kappa shape index (κ2) is 58.6. The van der Waals surface area contributed by atoms with Crippen LogP contribution < -0.4 is 26.6 Å². The van der Waals surface area contributed by atoms with Gasteiger partial charge in [0.15, 0.2) is 0 Å². The largest absolute Gasteiger partial charge is 0.469 e. The van der Waals surface area contributed by atoms with E-state index in [2.05, 4.69) is 26.6 Å². The minimum absolute atomic E-state index is 0.00869. The van der Waals surface area contributed by atoms with Gasteiger partial charge in [-0.1, -0.05) is 88.0 Å². The first-order valence-electron chi connectivity index (χ1n) is 45.3. The Hall–Kier alpha value is -8.68. The first kappa shape index (κ1) is 113. The molecule has 7 amide bonds. The molecule has 0 heterocycles. The number of rotatable bonds is 38. The second-order valence-electron chi connectivity index (χ2n) is 35.4. The normalized spacial score (nSPS) is 21.2. The number of ether oxygens (including phenoxy) is 11. The molecule has 5 fully saturated rings. The van der Waals surface area contributed by atoms with Crippen molar-refractivity contribution in [3.8, 4) is 0 Å². The molecule has 0 radical (unpaired) electrons. The molecule has 5 rings (SSSR count). The van der Waals surface area contributed by atoms with Gasteiger partial charge in [0.25, 0.3) is 0 Å². The number of carbonyl (C=O) groups is 16. The Morgan fingerprint density at radius 1 is 0.298 bits per heavy atom. The van der Waals surface area contributed by atoms with Crippen molar-refractivity contribution in [2.45, 2.75) is 305 Å². The van der Waals surface area contributed by atoms with E-state index < -0.39 is 98.4 Å². The van der Waals surface area contributed by atoms with Crippen LogP contribution in [0.4, 0.5) is 9.59 Å². The number of hydrogen-bond donors (Lipinski definition) is 5. The molecule has 0 aliphatic heterocycles. The molecule has 712 valence electrons. The van der Waals surface area contributed by atoms with Crippen LogP contribution in [-0.2, 0) is 119 Å². The summed E-state index contributed by atoms with van der Waals surface area (Å²) in [7, 11) is 2.73.